The first-order chi connectivity index (χ1) is 11.2. The van der Waals surface area contributed by atoms with Gasteiger partial charge in [-0.25, -0.2) is 9.97 Å². The van der Waals surface area contributed by atoms with Crippen molar-refractivity contribution in [2.45, 2.75) is 13.0 Å². The summed E-state index contributed by atoms with van der Waals surface area (Å²) >= 11 is 0. The fourth-order valence-corrected chi connectivity index (χ4v) is 2.32. The third kappa shape index (κ3) is 3.53. The molecule has 4 heteroatoms. The zero-order valence-electron chi connectivity index (χ0n) is 12.7. The Balaban J connectivity index is 1.77. The molecule has 4 nitrogen and oxygen atoms in total. The molecule has 1 aromatic heterocycles. The lowest BCUT2D eigenvalue weighted by Crippen LogP contribution is -2.25. The first kappa shape index (κ1) is 14.7. The van der Waals surface area contributed by atoms with E-state index in [0.717, 1.165) is 22.0 Å². The van der Waals surface area contributed by atoms with E-state index >= 15 is 0 Å². The van der Waals surface area contributed by atoms with E-state index in [1.54, 1.807) is 12.3 Å². The van der Waals surface area contributed by atoms with Crippen molar-refractivity contribution in [2.75, 3.05) is 0 Å². The molecule has 1 N–H and O–H groups in total. The molecule has 0 fully saturated rings. The van der Waals surface area contributed by atoms with Gasteiger partial charge in [0.05, 0.1) is 11.7 Å². The quantitative estimate of drug-likeness (QED) is 0.741. The van der Waals surface area contributed by atoms with Crippen molar-refractivity contribution >= 4 is 16.7 Å². The van der Waals surface area contributed by atoms with Crippen LogP contribution in [0.15, 0.2) is 61.1 Å². The van der Waals surface area contributed by atoms with Crippen LogP contribution in [-0.2, 0) is 4.79 Å². The summed E-state index contributed by atoms with van der Waals surface area (Å²) in [6, 6.07) is 15.4. The van der Waals surface area contributed by atoms with Crippen LogP contribution < -0.4 is 5.32 Å². The van der Waals surface area contributed by atoms with Crippen molar-refractivity contribution in [3.05, 3.63) is 72.3 Å². The average molecular weight is 301 g/mol. The van der Waals surface area contributed by atoms with Gasteiger partial charge in [0.15, 0.2) is 0 Å². The maximum Gasteiger partial charge on any atom is 0.296 e. The number of nitrogens with zero attached hydrogens (tertiary/aromatic N) is 2. The van der Waals surface area contributed by atoms with Gasteiger partial charge in [-0.15, -0.1) is 0 Å². The molecule has 0 saturated heterocycles. The molecule has 0 aliphatic carbocycles. The van der Waals surface area contributed by atoms with Crippen LogP contribution >= 0.6 is 0 Å². The van der Waals surface area contributed by atoms with Gasteiger partial charge in [0.1, 0.15) is 6.33 Å². The lowest BCUT2D eigenvalue weighted by molar-refractivity contribution is -0.116. The number of hydrogen-bond acceptors (Lipinski definition) is 3. The standard InChI is InChI=1S/C19H15N3O/c1-14(18-11-12-20-13-21-18)22-19(23)10-9-16-7-4-6-15-5-2-3-8-17(15)16/h2-8,11-14H,1H3,(H,22,23). The Morgan fingerprint density at radius 2 is 1.96 bits per heavy atom. The summed E-state index contributed by atoms with van der Waals surface area (Å²) in [7, 11) is 0. The summed E-state index contributed by atoms with van der Waals surface area (Å²) in [5.74, 6) is 5.27. The first-order valence-electron chi connectivity index (χ1n) is 7.30. The van der Waals surface area contributed by atoms with Gasteiger partial charge < -0.3 is 5.32 Å². The van der Waals surface area contributed by atoms with Crippen molar-refractivity contribution < 1.29 is 4.79 Å². The number of aromatic nitrogens is 2. The zero-order chi connectivity index (χ0) is 16.1. The molecule has 0 aliphatic heterocycles. The topological polar surface area (TPSA) is 54.9 Å². The van der Waals surface area contributed by atoms with E-state index in [0.29, 0.717) is 0 Å². The summed E-state index contributed by atoms with van der Waals surface area (Å²) in [4.78, 5) is 20.0. The van der Waals surface area contributed by atoms with Crippen molar-refractivity contribution in [1.82, 2.24) is 15.3 Å². The van der Waals surface area contributed by atoms with Crippen LogP contribution in [0, 0.1) is 11.8 Å². The summed E-state index contributed by atoms with van der Waals surface area (Å²) in [5.41, 5.74) is 1.59. The Morgan fingerprint density at radius 1 is 1.13 bits per heavy atom. The van der Waals surface area contributed by atoms with Gasteiger partial charge >= 0.3 is 0 Å². The molecule has 1 amide bonds. The zero-order valence-corrected chi connectivity index (χ0v) is 12.7. The predicted molar refractivity (Wildman–Crippen MR) is 89.4 cm³/mol. The SMILES string of the molecule is CC(NC(=O)C#Cc1cccc2ccccc12)c1ccncn1. The first-order valence-corrected chi connectivity index (χ1v) is 7.30. The van der Waals surface area contributed by atoms with Gasteiger partial charge in [0.2, 0.25) is 0 Å². The molecule has 23 heavy (non-hydrogen) atoms. The number of rotatable bonds is 2. The van der Waals surface area contributed by atoms with E-state index in [9.17, 15) is 4.79 Å². The molecule has 3 aromatic rings. The van der Waals surface area contributed by atoms with Gasteiger partial charge in [-0.2, -0.15) is 0 Å². The summed E-state index contributed by atoms with van der Waals surface area (Å²) in [5, 5.41) is 4.96. The van der Waals surface area contributed by atoms with Crippen LogP contribution in [0.25, 0.3) is 10.8 Å². The minimum Gasteiger partial charge on any atom is -0.337 e. The largest absolute Gasteiger partial charge is 0.337 e. The third-order valence-electron chi connectivity index (χ3n) is 3.50. The van der Waals surface area contributed by atoms with Gasteiger partial charge in [0, 0.05) is 17.7 Å². The monoisotopic (exact) mass is 301 g/mol. The fourth-order valence-electron chi connectivity index (χ4n) is 2.32. The lowest BCUT2D eigenvalue weighted by Gasteiger charge is -2.09. The molecule has 0 spiro atoms. The Labute approximate surface area is 134 Å². The Hall–Kier alpha value is -3.19. The molecule has 1 heterocycles. The number of amides is 1. The van der Waals surface area contributed by atoms with Crippen molar-refractivity contribution in [1.29, 1.82) is 0 Å². The van der Waals surface area contributed by atoms with E-state index in [-0.39, 0.29) is 11.9 Å². The highest BCUT2D eigenvalue weighted by molar-refractivity contribution is 5.96. The maximum atomic E-state index is 12.0. The molecule has 1 atom stereocenters. The van der Waals surface area contributed by atoms with Crippen molar-refractivity contribution in [3.63, 3.8) is 0 Å². The van der Waals surface area contributed by atoms with E-state index in [4.69, 9.17) is 0 Å². The van der Waals surface area contributed by atoms with Gasteiger partial charge in [0.25, 0.3) is 5.91 Å². The molecule has 2 aromatic carbocycles. The lowest BCUT2D eigenvalue weighted by atomic mass is 10.1. The van der Waals surface area contributed by atoms with Crippen LogP contribution in [0.5, 0.6) is 0 Å². The molecular formula is C19H15N3O. The Morgan fingerprint density at radius 3 is 2.78 bits per heavy atom. The van der Waals surface area contributed by atoms with Gasteiger partial charge in [-0.05, 0) is 29.8 Å². The summed E-state index contributed by atoms with van der Waals surface area (Å²) < 4.78 is 0. The second-order valence-electron chi connectivity index (χ2n) is 5.11. The number of fused-ring (bicyclic) bond motifs is 1. The maximum absolute atomic E-state index is 12.0. The molecule has 0 aliphatic rings. The minimum absolute atomic E-state index is 0.215. The van der Waals surface area contributed by atoms with Crippen LogP contribution in [0.1, 0.15) is 24.2 Å². The normalized spacial score (nSPS) is 11.3. The molecular weight excluding hydrogens is 286 g/mol. The summed E-state index contributed by atoms with van der Waals surface area (Å²) in [6.07, 6.45) is 3.10. The molecule has 1 unspecified atom stereocenters. The number of carbonyl (C=O) groups is 1. The van der Waals surface area contributed by atoms with E-state index in [2.05, 4.69) is 27.1 Å². The Kier molecular flexibility index (Phi) is 4.30. The van der Waals surface area contributed by atoms with E-state index < -0.39 is 0 Å². The number of nitrogens with one attached hydrogen (secondary N) is 1. The van der Waals surface area contributed by atoms with E-state index in [1.807, 2.05) is 49.4 Å². The smallest absolute Gasteiger partial charge is 0.296 e. The molecule has 0 saturated carbocycles. The molecule has 112 valence electrons. The highest BCUT2D eigenvalue weighted by Gasteiger charge is 2.08. The average Bonchev–Trinajstić information content (AvgIpc) is 2.60. The molecule has 3 rings (SSSR count). The highest BCUT2D eigenvalue weighted by atomic mass is 16.1. The number of carbonyl (C=O) groups excluding carboxylic acids is 1. The van der Waals surface area contributed by atoms with Crippen LogP contribution in [-0.4, -0.2) is 15.9 Å². The van der Waals surface area contributed by atoms with Crippen molar-refractivity contribution in [3.8, 4) is 11.8 Å². The number of hydrogen-bond donors (Lipinski definition) is 1. The van der Waals surface area contributed by atoms with Gasteiger partial charge in [-0.3, -0.25) is 4.79 Å². The van der Waals surface area contributed by atoms with Crippen LogP contribution in [0.4, 0.5) is 0 Å². The molecule has 0 radical (unpaired) electrons. The third-order valence-corrected chi connectivity index (χ3v) is 3.50. The van der Waals surface area contributed by atoms with Gasteiger partial charge in [-0.1, -0.05) is 42.3 Å². The van der Waals surface area contributed by atoms with E-state index in [1.165, 1.54) is 6.33 Å². The van der Waals surface area contributed by atoms with Crippen molar-refractivity contribution in [2.24, 2.45) is 0 Å². The Bertz CT molecular complexity index is 889. The highest BCUT2D eigenvalue weighted by Crippen LogP contribution is 2.17. The molecule has 0 bridgehead atoms. The summed E-state index contributed by atoms with van der Waals surface area (Å²) in [6.45, 7) is 1.86. The number of benzene rings is 2. The second kappa shape index (κ2) is 6.71. The predicted octanol–water partition coefficient (Wildman–Crippen LogP) is 2.86. The second-order valence-corrected chi connectivity index (χ2v) is 5.11. The van der Waals surface area contributed by atoms with Crippen LogP contribution in [0.2, 0.25) is 0 Å². The van der Waals surface area contributed by atoms with Crippen LogP contribution in [0.3, 0.4) is 0 Å². The minimum atomic E-state index is -0.330. The fraction of sp³-hybridized carbons (Fsp3) is 0.105.